The van der Waals surface area contributed by atoms with E-state index in [9.17, 15) is 4.79 Å². The van der Waals surface area contributed by atoms with Crippen molar-refractivity contribution in [1.82, 2.24) is 25.6 Å². The Kier molecular flexibility index (Phi) is 7.99. The fraction of sp³-hybridized carbons (Fsp3) is 0.457. The Morgan fingerprint density at radius 3 is 2.84 bits per heavy atom. The number of hydrogen-bond acceptors (Lipinski definition) is 7. The van der Waals surface area contributed by atoms with Crippen LogP contribution in [0.1, 0.15) is 77.3 Å². The van der Waals surface area contributed by atoms with Gasteiger partial charge in [0.1, 0.15) is 0 Å². The van der Waals surface area contributed by atoms with Crippen LogP contribution in [0.4, 0.5) is 5.69 Å². The van der Waals surface area contributed by atoms with Crippen molar-refractivity contribution in [3.8, 4) is 0 Å². The SMILES string of the molecule is Cc1cc(C(NCc2c[nH]c3cc(C4COCCN4)ccc3c2=O)[C@H]2CCCN(c3cnc(C)c(C4CC4)c3)C2)ccn1. The highest BCUT2D eigenvalue weighted by Gasteiger charge is 2.31. The first-order valence-corrected chi connectivity index (χ1v) is 15.9. The molecule has 0 radical (unpaired) electrons. The molecule has 3 atom stereocenters. The first-order valence-electron chi connectivity index (χ1n) is 15.9. The van der Waals surface area contributed by atoms with Gasteiger partial charge in [-0.2, -0.15) is 0 Å². The third-order valence-corrected chi connectivity index (χ3v) is 9.52. The number of fused-ring (bicyclic) bond motifs is 1. The molecule has 3 fully saturated rings. The number of aromatic nitrogens is 3. The molecule has 43 heavy (non-hydrogen) atoms. The third kappa shape index (κ3) is 6.09. The van der Waals surface area contributed by atoms with Gasteiger partial charge >= 0.3 is 0 Å². The smallest absolute Gasteiger partial charge is 0.193 e. The Hall–Kier alpha value is -3.59. The van der Waals surface area contributed by atoms with Crippen LogP contribution in [0.2, 0.25) is 0 Å². The van der Waals surface area contributed by atoms with Crippen LogP contribution in [0.5, 0.6) is 0 Å². The van der Waals surface area contributed by atoms with E-state index in [1.165, 1.54) is 35.3 Å². The molecule has 3 aliphatic rings. The summed E-state index contributed by atoms with van der Waals surface area (Å²) in [5.41, 5.74) is 8.89. The van der Waals surface area contributed by atoms with Crippen LogP contribution in [0.15, 0.2) is 59.8 Å². The second-order valence-electron chi connectivity index (χ2n) is 12.6. The van der Waals surface area contributed by atoms with Crippen LogP contribution in [-0.4, -0.2) is 47.8 Å². The van der Waals surface area contributed by atoms with Gasteiger partial charge in [0.15, 0.2) is 5.43 Å². The zero-order chi connectivity index (χ0) is 29.3. The molecular formula is C35H42N6O2. The van der Waals surface area contributed by atoms with Gasteiger partial charge < -0.3 is 25.3 Å². The molecule has 5 heterocycles. The molecule has 2 saturated heterocycles. The predicted molar refractivity (Wildman–Crippen MR) is 171 cm³/mol. The van der Waals surface area contributed by atoms with E-state index >= 15 is 0 Å². The van der Waals surface area contributed by atoms with Crippen LogP contribution in [0, 0.1) is 19.8 Å². The van der Waals surface area contributed by atoms with Crippen molar-refractivity contribution in [2.75, 3.05) is 37.7 Å². The Balaban J connectivity index is 1.12. The molecule has 1 saturated carbocycles. The Morgan fingerprint density at radius 1 is 1.12 bits per heavy atom. The number of rotatable bonds is 8. The van der Waals surface area contributed by atoms with Gasteiger partial charge in [-0.05, 0) is 98.4 Å². The zero-order valence-electron chi connectivity index (χ0n) is 25.2. The van der Waals surface area contributed by atoms with Gasteiger partial charge in [0.2, 0.25) is 0 Å². The number of benzene rings is 1. The van der Waals surface area contributed by atoms with Crippen molar-refractivity contribution >= 4 is 16.6 Å². The zero-order valence-corrected chi connectivity index (χ0v) is 25.2. The molecule has 3 N–H and O–H groups in total. The number of H-pyrrole nitrogens is 1. The highest BCUT2D eigenvalue weighted by molar-refractivity contribution is 5.79. The van der Waals surface area contributed by atoms with Gasteiger partial charge in [0.25, 0.3) is 0 Å². The van der Waals surface area contributed by atoms with E-state index in [1.54, 1.807) is 0 Å². The standard InChI is InChI=1S/C35H42N6O2/c1-22-14-26(9-10-36-22)34(27-4-3-12-41(20-27)29-16-31(24-5-6-24)23(2)38-19-29)40-18-28-17-39-32-15-25(7-8-30(32)35(28)42)33-21-43-13-11-37-33/h7-10,14-17,19,24,27,33-34,37,40H,3-6,11-13,18,20-21H2,1-2H3,(H,39,42)/t27-,33?,34?/m0/s1. The van der Waals surface area contributed by atoms with E-state index in [0.717, 1.165) is 66.8 Å². The Bertz CT molecular complexity index is 1660. The Morgan fingerprint density at radius 2 is 2.02 bits per heavy atom. The first-order chi connectivity index (χ1) is 21.0. The minimum absolute atomic E-state index is 0.0777. The molecule has 8 heteroatoms. The lowest BCUT2D eigenvalue weighted by Crippen LogP contribution is -2.42. The second-order valence-corrected chi connectivity index (χ2v) is 12.6. The van der Waals surface area contributed by atoms with Crippen molar-refractivity contribution in [3.63, 3.8) is 0 Å². The maximum Gasteiger partial charge on any atom is 0.193 e. The van der Waals surface area contributed by atoms with Crippen LogP contribution in [-0.2, 0) is 11.3 Å². The number of nitrogens with zero attached hydrogens (tertiary/aromatic N) is 3. The summed E-state index contributed by atoms with van der Waals surface area (Å²) in [5, 5.41) is 8.04. The summed E-state index contributed by atoms with van der Waals surface area (Å²) >= 11 is 0. The lowest BCUT2D eigenvalue weighted by atomic mass is 9.86. The molecule has 7 rings (SSSR count). The van der Waals surface area contributed by atoms with E-state index in [1.807, 2.05) is 25.4 Å². The number of ether oxygens (including phenoxy) is 1. The number of aryl methyl sites for hydroxylation is 2. The average molecular weight is 579 g/mol. The van der Waals surface area contributed by atoms with Crippen LogP contribution in [0.25, 0.3) is 10.9 Å². The molecule has 0 bridgehead atoms. The Labute approximate surface area is 253 Å². The van der Waals surface area contributed by atoms with Gasteiger partial charge in [0, 0.05) is 72.5 Å². The van der Waals surface area contributed by atoms with E-state index in [4.69, 9.17) is 9.72 Å². The first kappa shape index (κ1) is 28.2. The summed E-state index contributed by atoms with van der Waals surface area (Å²) in [6.45, 7) is 8.89. The minimum Gasteiger partial charge on any atom is -0.378 e. The van der Waals surface area contributed by atoms with Crippen LogP contribution >= 0.6 is 0 Å². The van der Waals surface area contributed by atoms with Gasteiger partial charge in [-0.25, -0.2) is 0 Å². The predicted octanol–water partition coefficient (Wildman–Crippen LogP) is 5.22. The molecule has 224 valence electrons. The molecule has 2 unspecified atom stereocenters. The highest BCUT2D eigenvalue weighted by atomic mass is 16.5. The van der Waals surface area contributed by atoms with E-state index in [0.29, 0.717) is 25.0 Å². The van der Waals surface area contributed by atoms with Crippen LogP contribution in [0.3, 0.4) is 0 Å². The molecule has 8 nitrogen and oxygen atoms in total. The molecular weight excluding hydrogens is 536 g/mol. The normalized spacial score (nSPS) is 21.7. The number of hydrogen-bond donors (Lipinski definition) is 3. The number of aromatic amines is 1. The minimum atomic E-state index is 0.0777. The molecule has 2 aliphatic heterocycles. The number of anilines is 1. The molecule has 0 amide bonds. The fourth-order valence-corrected chi connectivity index (χ4v) is 6.98. The number of nitrogens with one attached hydrogen (secondary N) is 3. The molecule has 4 aromatic rings. The van der Waals surface area contributed by atoms with Crippen molar-refractivity contribution < 1.29 is 4.74 Å². The van der Waals surface area contributed by atoms with Gasteiger partial charge in [-0.15, -0.1) is 0 Å². The van der Waals surface area contributed by atoms with E-state index < -0.39 is 0 Å². The summed E-state index contributed by atoms with van der Waals surface area (Å²) in [6.07, 6.45) is 10.6. The summed E-state index contributed by atoms with van der Waals surface area (Å²) in [4.78, 5) is 28.8. The largest absolute Gasteiger partial charge is 0.378 e. The summed E-state index contributed by atoms with van der Waals surface area (Å²) in [6, 6.07) is 13.0. The molecule has 1 aromatic carbocycles. The number of piperidine rings is 1. The quantitative estimate of drug-likeness (QED) is 0.264. The summed E-state index contributed by atoms with van der Waals surface area (Å²) in [7, 11) is 0. The lowest BCUT2D eigenvalue weighted by molar-refractivity contribution is 0.0769. The van der Waals surface area contributed by atoms with Crippen molar-refractivity contribution in [2.45, 2.75) is 64.1 Å². The van der Waals surface area contributed by atoms with Crippen molar-refractivity contribution in [3.05, 3.63) is 98.9 Å². The third-order valence-electron chi connectivity index (χ3n) is 9.52. The summed E-state index contributed by atoms with van der Waals surface area (Å²) in [5.74, 6) is 1.07. The van der Waals surface area contributed by atoms with Gasteiger partial charge in [0.05, 0.1) is 31.1 Å². The van der Waals surface area contributed by atoms with Gasteiger partial charge in [-0.3, -0.25) is 14.8 Å². The lowest BCUT2D eigenvalue weighted by Gasteiger charge is -2.39. The highest BCUT2D eigenvalue weighted by Crippen LogP contribution is 2.42. The van der Waals surface area contributed by atoms with E-state index in [-0.39, 0.29) is 17.5 Å². The monoisotopic (exact) mass is 578 g/mol. The molecule has 1 aliphatic carbocycles. The maximum absolute atomic E-state index is 13.6. The average Bonchev–Trinajstić information content (AvgIpc) is 3.89. The summed E-state index contributed by atoms with van der Waals surface area (Å²) < 4.78 is 5.64. The van der Waals surface area contributed by atoms with Crippen molar-refractivity contribution in [2.24, 2.45) is 5.92 Å². The topological polar surface area (TPSA) is 95.2 Å². The maximum atomic E-state index is 13.6. The van der Waals surface area contributed by atoms with Gasteiger partial charge in [-0.1, -0.05) is 6.07 Å². The molecule has 0 spiro atoms. The number of pyridine rings is 3. The molecule has 3 aromatic heterocycles. The van der Waals surface area contributed by atoms with E-state index in [2.05, 4.69) is 69.0 Å². The van der Waals surface area contributed by atoms with Crippen LogP contribution < -0.4 is 21.0 Å². The number of morpholine rings is 1. The fourth-order valence-electron chi connectivity index (χ4n) is 6.98. The second kappa shape index (κ2) is 12.2. The van der Waals surface area contributed by atoms with Crippen molar-refractivity contribution in [1.29, 1.82) is 0 Å².